The van der Waals surface area contributed by atoms with Gasteiger partial charge >= 0.3 is 0 Å². The van der Waals surface area contributed by atoms with Gasteiger partial charge in [-0.1, -0.05) is 27.7 Å². The average molecular weight is 338 g/mol. The molecular weight excluding hydrogens is 308 g/mol. The van der Waals surface area contributed by atoms with Crippen molar-refractivity contribution in [1.29, 1.82) is 10.8 Å². The summed E-state index contributed by atoms with van der Waals surface area (Å²) in [6.07, 6.45) is 0.699. The maximum absolute atomic E-state index is 10.8. The largest absolute Gasteiger partial charge is 0.300 e. The van der Waals surface area contributed by atoms with Crippen molar-refractivity contribution in [3.8, 4) is 0 Å². The molecule has 0 amide bonds. The normalized spacial score (nSPS) is 9.83. The molecule has 0 aliphatic carbocycles. The molecule has 0 aliphatic rings. The lowest BCUT2D eigenvalue weighted by Crippen LogP contribution is -2.23. The zero-order chi connectivity index (χ0) is 20.1. The molecule has 0 bridgehead atoms. The van der Waals surface area contributed by atoms with E-state index in [0.29, 0.717) is 12.8 Å². The molecule has 0 fully saturated rings. The average Bonchev–Trinajstić information content (AvgIpc) is 2.36. The van der Waals surface area contributed by atoms with Gasteiger partial charge in [0, 0.05) is 23.7 Å². The van der Waals surface area contributed by atoms with Crippen molar-refractivity contribution >= 4 is 34.9 Å². The fourth-order valence-corrected chi connectivity index (χ4v) is 1.49. The molecule has 0 rings (SSSR count). The third kappa shape index (κ3) is 16.2. The Bertz CT molecular complexity index is 487. The molecule has 0 heterocycles. The van der Waals surface area contributed by atoms with E-state index in [1.54, 1.807) is 39.4 Å². The second-order valence-corrected chi connectivity index (χ2v) is 6.89. The molecule has 0 aromatic rings. The number of hydrogen-bond acceptors (Lipinski definition) is 6. The number of rotatable bonds is 6. The first-order chi connectivity index (χ1) is 10.6. The molecule has 0 aromatic carbocycles. The van der Waals surface area contributed by atoms with E-state index in [1.165, 1.54) is 27.7 Å². The Balaban J connectivity index is -0.000000301. The Morgan fingerprint density at radius 2 is 0.875 bits per heavy atom. The third-order valence-corrected chi connectivity index (χ3v) is 3.35. The summed E-state index contributed by atoms with van der Waals surface area (Å²) < 4.78 is 0. The summed E-state index contributed by atoms with van der Waals surface area (Å²) in [4.78, 5) is 42.9. The van der Waals surface area contributed by atoms with Crippen molar-refractivity contribution < 1.29 is 19.2 Å². The first kappa shape index (κ1) is 26.7. The first-order valence-corrected chi connectivity index (χ1v) is 7.48. The summed E-state index contributed by atoms with van der Waals surface area (Å²) in [6, 6.07) is 0. The van der Waals surface area contributed by atoms with Gasteiger partial charge in [-0.3, -0.25) is 19.2 Å². The van der Waals surface area contributed by atoms with E-state index < -0.39 is 10.8 Å². The Kier molecular flexibility index (Phi) is 13.7. The summed E-state index contributed by atoms with van der Waals surface area (Å²) in [5.41, 5.74) is -0.933. The predicted molar refractivity (Wildman–Crippen MR) is 95.0 cm³/mol. The van der Waals surface area contributed by atoms with E-state index >= 15 is 0 Å². The van der Waals surface area contributed by atoms with E-state index in [4.69, 9.17) is 10.8 Å². The Hall–Kier alpha value is -2.16. The molecule has 0 radical (unpaired) electrons. The van der Waals surface area contributed by atoms with Crippen LogP contribution in [0.15, 0.2) is 0 Å². The van der Waals surface area contributed by atoms with Crippen LogP contribution in [0.1, 0.15) is 68.2 Å². The lowest BCUT2D eigenvalue weighted by atomic mass is 9.84. The molecule has 0 spiro atoms. The van der Waals surface area contributed by atoms with Crippen LogP contribution in [0.2, 0.25) is 0 Å². The van der Waals surface area contributed by atoms with E-state index in [9.17, 15) is 19.2 Å². The lowest BCUT2D eigenvalue weighted by Gasteiger charge is -2.18. The van der Waals surface area contributed by atoms with Crippen LogP contribution in [0, 0.1) is 21.6 Å². The molecule has 136 valence electrons. The molecule has 0 unspecified atom stereocenters. The number of carbonyl (C=O) groups excluding carboxylic acids is 4. The van der Waals surface area contributed by atoms with Crippen molar-refractivity contribution in [2.75, 3.05) is 0 Å². The standard InChI is InChI=1S/2C8H14O2.C2H2N2/c2*1-6(9)5-8(3,4)7(2)10;3-1-2-4/h2*5H2,1-4H3;3-4H. The van der Waals surface area contributed by atoms with Crippen LogP contribution in [0.5, 0.6) is 0 Å². The SMILES string of the molecule is CC(=O)CC(C)(C)C(C)=O.CC(=O)CC(C)(C)C(C)=O.N=C=C=N. The van der Waals surface area contributed by atoms with Gasteiger partial charge in [0.05, 0.1) is 11.7 Å². The second kappa shape index (κ2) is 12.3. The number of ketones is 4. The smallest absolute Gasteiger partial charge is 0.135 e. The maximum atomic E-state index is 10.8. The molecule has 0 atom stereocenters. The zero-order valence-electron chi connectivity index (χ0n) is 16.0. The lowest BCUT2D eigenvalue weighted by molar-refractivity contribution is -0.130. The third-order valence-electron chi connectivity index (χ3n) is 3.35. The van der Waals surface area contributed by atoms with E-state index in [0.717, 1.165) is 0 Å². The zero-order valence-corrected chi connectivity index (χ0v) is 16.0. The number of nitrogens with one attached hydrogen (secondary N) is 2. The Morgan fingerprint density at radius 3 is 0.917 bits per heavy atom. The topological polar surface area (TPSA) is 116 Å². The number of hydrogen-bond donors (Lipinski definition) is 2. The molecule has 0 aliphatic heterocycles. The van der Waals surface area contributed by atoms with Gasteiger partial charge in [-0.2, -0.15) is 0 Å². The highest BCUT2D eigenvalue weighted by Gasteiger charge is 2.25. The monoisotopic (exact) mass is 338 g/mol. The van der Waals surface area contributed by atoms with Crippen molar-refractivity contribution in [1.82, 2.24) is 0 Å². The Morgan fingerprint density at radius 1 is 0.667 bits per heavy atom. The molecule has 6 nitrogen and oxygen atoms in total. The van der Waals surface area contributed by atoms with Crippen molar-refractivity contribution in [2.45, 2.75) is 68.2 Å². The molecule has 0 saturated heterocycles. The van der Waals surface area contributed by atoms with Crippen LogP contribution in [0.3, 0.4) is 0 Å². The molecule has 0 saturated carbocycles. The van der Waals surface area contributed by atoms with Crippen LogP contribution in [-0.4, -0.2) is 34.9 Å². The minimum Gasteiger partial charge on any atom is -0.300 e. The van der Waals surface area contributed by atoms with Crippen molar-refractivity contribution in [3.63, 3.8) is 0 Å². The van der Waals surface area contributed by atoms with Crippen molar-refractivity contribution in [3.05, 3.63) is 0 Å². The molecule has 24 heavy (non-hydrogen) atoms. The van der Waals surface area contributed by atoms with Gasteiger partial charge < -0.3 is 0 Å². The van der Waals surface area contributed by atoms with Gasteiger partial charge in [0.1, 0.15) is 23.1 Å². The maximum Gasteiger partial charge on any atom is 0.135 e. The van der Waals surface area contributed by atoms with Crippen LogP contribution >= 0.6 is 0 Å². The molecule has 2 N–H and O–H groups in total. The summed E-state index contributed by atoms with van der Waals surface area (Å²) in [7, 11) is 0. The quantitative estimate of drug-likeness (QED) is 0.723. The molecule has 6 heteroatoms. The highest BCUT2D eigenvalue weighted by atomic mass is 16.1. The summed E-state index contributed by atoms with van der Waals surface area (Å²) in [5, 5.41) is 11.8. The predicted octanol–water partition coefficient (Wildman–Crippen LogP) is 3.20. The van der Waals surface area contributed by atoms with Gasteiger partial charge in [-0.15, -0.1) is 0 Å². The summed E-state index contributed by atoms with van der Waals surface area (Å²) in [5.74, 6) is 3.48. The summed E-state index contributed by atoms with van der Waals surface area (Å²) >= 11 is 0. The van der Waals surface area contributed by atoms with Crippen LogP contribution in [-0.2, 0) is 19.2 Å². The van der Waals surface area contributed by atoms with Gasteiger partial charge in [0.2, 0.25) is 0 Å². The van der Waals surface area contributed by atoms with Crippen LogP contribution < -0.4 is 0 Å². The number of carbonyl (C=O) groups is 4. The van der Waals surface area contributed by atoms with Crippen LogP contribution in [0.25, 0.3) is 0 Å². The number of Topliss-reactive ketones (excluding diaryl/α,β-unsaturated/α-hetero) is 4. The van der Waals surface area contributed by atoms with Gasteiger partial charge in [0.25, 0.3) is 0 Å². The van der Waals surface area contributed by atoms with Gasteiger partial charge in [-0.05, 0) is 27.7 Å². The van der Waals surface area contributed by atoms with Crippen LogP contribution in [0.4, 0.5) is 0 Å². The highest BCUT2D eigenvalue weighted by molar-refractivity contribution is 5.88. The molecular formula is C18H30N2O4. The van der Waals surface area contributed by atoms with Crippen molar-refractivity contribution in [2.24, 2.45) is 10.8 Å². The van der Waals surface area contributed by atoms with E-state index in [-0.39, 0.29) is 23.1 Å². The highest BCUT2D eigenvalue weighted by Crippen LogP contribution is 2.21. The Labute approximate surface area is 144 Å². The summed E-state index contributed by atoms with van der Waals surface area (Å²) in [6.45, 7) is 13.2. The van der Waals surface area contributed by atoms with E-state index in [2.05, 4.69) is 0 Å². The first-order valence-electron chi connectivity index (χ1n) is 7.48. The minimum absolute atomic E-state index is 0.0696. The fraction of sp³-hybridized carbons (Fsp3) is 0.667. The molecule has 0 aromatic heterocycles. The minimum atomic E-state index is -0.466. The van der Waals surface area contributed by atoms with Gasteiger partial charge in [-0.25, -0.2) is 10.8 Å². The second-order valence-electron chi connectivity index (χ2n) is 6.89. The fourth-order valence-electron chi connectivity index (χ4n) is 1.49. The van der Waals surface area contributed by atoms with Gasteiger partial charge in [0.15, 0.2) is 0 Å². The van der Waals surface area contributed by atoms with E-state index in [1.807, 2.05) is 0 Å².